The minimum Gasteiger partial charge on any atom is -0.381 e. The van der Waals surface area contributed by atoms with Gasteiger partial charge in [0.2, 0.25) is 10.0 Å². The molecule has 1 atom stereocenters. The fourth-order valence-electron chi connectivity index (χ4n) is 4.05. The number of nitrogens with zero attached hydrogens (tertiary/aromatic N) is 5. The highest BCUT2D eigenvalue weighted by Gasteiger charge is 2.33. The Morgan fingerprint density at radius 1 is 1.32 bits per heavy atom. The first kappa shape index (κ1) is 21.0. The van der Waals surface area contributed by atoms with E-state index in [0.29, 0.717) is 31.6 Å². The monoisotopic (exact) mass is 436 g/mol. The Labute approximate surface area is 182 Å². The summed E-state index contributed by atoms with van der Waals surface area (Å²) in [4.78, 5) is 10.6. The Kier molecular flexibility index (Phi) is 6.02. The highest BCUT2D eigenvalue weighted by molar-refractivity contribution is 7.88. The Hall–Kier alpha value is -3.22. The summed E-state index contributed by atoms with van der Waals surface area (Å²) in [5.41, 5.74) is 4.20. The van der Waals surface area contributed by atoms with Crippen LogP contribution in [0, 0.1) is 11.3 Å². The van der Waals surface area contributed by atoms with Crippen LogP contribution in [0.1, 0.15) is 16.7 Å². The number of nitriles is 1. The lowest BCUT2D eigenvalue weighted by molar-refractivity contribution is 0.321. The lowest BCUT2D eigenvalue weighted by Gasteiger charge is -2.32. The molecule has 2 aromatic rings. The van der Waals surface area contributed by atoms with Crippen molar-refractivity contribution < 1.29 is 8.42 Å². The van der Waals surface area contributed by atoms with Crippen LogP contribution in [0.3, 0.4) is 0 Å². The average Bonchev–Trinajstić information content (AvgIpc) is 2.91. The molecule has 1 aromatic heterocycles. The molecule has 1 N–H and O–H groups in total. The van der Waals surface area contributed by atoms with Gasteiger partial charge in [0.05, 0.1) is 31.0 Å². The minimum absolute atomic E-state index is 0.218. The summed E-state index contributed by atoms with van der Waals surface area (Å²) in [5.74, 6) is 0. The molecule has 2 aliphatic rings. The zero-order chi connectivity index (χ0) is 21.8. The van der Waals surface area contributed by atoms with Gasteiger partial charge in [0.25, 0.3) is 0 Å². The third kappa shape index (κ3) is 4.93. The fraction of sp³-hybridized carbons (Fsp3) is 0.318. The van der Waals surface area contributed by atoms with Crippen LogP contribution in [-0.2, 0) is 23.0 Å². The summed E-state index contributed by atoms with van der Waals surface area (Å²) in [6, 6.07) is 11.2. The van der Waals surface area contributed by atoms with Crippen LogP contribution in [0.25, 0.3) is 0 Å². The maximum Gasteiger partial charge on any atom is 0.211 e. The normalized spacial score (nSPS) is 19.0. The van der Waals surface area contributed by atoms with Crippen molar-refractivity contribution >= 4 is 21.9 Å². The number of anilines is 1. The molecule has 4 rings (SSSR count). The molecule has 0 bridgehead atoms. The van der Waals surface area contributed by atoms with Gasteiger partial charge >= 0.3 is 0 Å². The van der Waals surface area contributed by atoms with Crippen LogP contribution >= 0.6 is 0 Å². The number of benzene rings is 1. The Balaban J connectivity index is 1.76. The maximum atomic E-state index is 12.8. The Morgan fingerprint density at radius 2 is 2.19 bits per heavy atom. The summed E-state index contributed by atoms with van der Waals surface area (Å²) in [6.45, 7) is 1.95. The fourth-order valence-corrected chi connectivity index (χ4v) is 5.10. The standard InChI is InChI=1S/C22H24N6O2S/c1-31(29,30)28-14-19-9-17(11-23)4-5-22(19)27(15-20-13-25-7-8-26-20)16-21(28)10-18-3-2-6-24-12-18/h2-7,9,12-13,21,26H,8,10,14-16H2,1H3/t21-/m1/s1. The topological polar surface area (TPSA) is 102 Å². The molecular formula is C22H24N6O2S. The molecular weight excluding hydrogens is 412 g/mol. The molecule has 31 heavy (non-hydrogen) atoms. The van der Waals surface area contributed by atoms with E-state index < -0.39 is 10.0 Å². The summed E-state index contributed by atoms with van der Waals surface area (Å²) in [6.07, 6.45) is 8.86. The van der Waals surface area contributed by atoms with E-state index >= 15 is 0 Å². The number of hydrogen-bond acceptors (Lipinski definition) is 7. The molecule has 0 unspecified atom stereocenters. The number of pyridine rings is 1. The molecule has 0 spiro atoms. The van der Waals surface area contributed by atoms with E-state index in [2.05, 4.69) is 26.3 Å². The summed E-state index contributed by atoms with van der Waals surface area (Å²) in [7, 11) is -3.49. The molecule has 1 aromatic carbocycles. The van der Waals surface area contributed by atoms with Crippen LogP contribution in [0.2, 0.25) is 0 Å². The molecule has 8 nitrogen and oxygen atoms in total. The number of aliphatic imine (C=N–C) groups is 1. The Morgan fingerprint density at radius 3 is 2.87 bits per heavy atom. The number of fused-ring (bicyclic) bond motifs is 1. The van der Waals surface area contributed by atoms with Gasteiger partial charge in [-0.2, -0.15) is 9.57 Å². The largest absolute Gasteiger partial charge is 0.381 e. The number of rotatable bonds is 5. The van der Waals surface area contributed by atoms with Crippen molar-refractivity contribution in [3.63, 3.8) is 0 Å². The first-order chi connectivity index (χ1) is 14.9. The Bertz CT molecular complexity index is 1150. The number of hydrogen-bond donors (Lipinski definition) is 1. The quantitative estimate of drug-likeness (QED) is 0.765. The van der Waals surface area contributed by atoms with Gasteiger partial charge in [-0.15, -0.1) is 0 Å². The van der Waals surface area contributed by atoms with Crippen LogP contribution in [-0.4, -0.2) is 55.9 Å². The highest BCUT2D eigenvalue weighted by Crippen LogP contribution is 2.31. The first-order valence-corrected chi connectivity index (χ1v) is 11.9. The van der Waals surface area contributed by atoms with Crippen molar-refractivity contribution in [3.8, 4) is 6.07 Å². The molecule has 0 saturated heterocycles. The molecule has 160 valence electrons. The van der Waals surface area contributed by atoms with E-state index in [0.717, 1.165) is 22.5 Å². The second-order valence-corrected chi connectivity index (χ2v) is 9.67. The van der Waals surface area contributed by atoms with E-state index in [9.17, 15) is 13.7 Å². The molecule has 0 fully saturated rings. The van der Waals surface area contributed by atoms with Gasteiger partial charge in [-0.3, -0.25) is 9.98 Å². The molecule has 9 heteroatoms. The van der Waals surface area contributed by atoms with Crippen molar-refractivity contribution in [3.05, 3.63) is 71.3 Å². The predicted molar refractivity (Wildman–Crippen MR) is 120 cm³/mol. The molecule has 3 heterocycles. The van der Waals surface area contributed by atoms with Gasteiger partial charge in [0.15, 0.2) is 0 Å². The number of sulfonamides is 1. The van der Waals surface area contributed by atoms with Crippen LogP contribution in [0.4, 0.5) is 5.69 Å². The second-order valence-electron chi connectivity index (χ2n) is 7.73. The molecule has 0 amide bonds. The van der Waals surface area contributed by atoms with Gasteiger partial charge < -0.3 is 10.2 Å². The molecule has 0 saturated carbocycles. The third-order valence-corrected chi connectivity index (χ3v) is 6.73. The van der Waals surface area contributed by atoms with Gasteiger partial charge in [0.1, 0.15) is 0 Å². The van der Waals surface area contributed by atoms with Gasteiger partial charge in [-0.05, 0) is 41.8 Å². The predicted octanol–water partition coefficient (Wildman–Crippen LogP) is 1.66. The van der Waals surface area contributed by atoms with Crippen molar-refractivity contribution in [2.45, 2.75) is 19.0 Å². The number of nitrogens with one attached hydrogen (secondary N) is 1. The van der Waals surface area contributed by atoms with E-state index in [4.69, 9.17) is 0 Å². The SMILES string of the molecule is CS(=O)(=O)N1Cc2cc(C#N)ccc2N(CC2=CN=CCN2)C[C@H]1Cc1cccnc1. The maximum absolute atomic E-state index is 12.8. The second kappa shape index (κ2) is 8.88. The van der Waals surface area contributed by atoms with Gasteiger partial charge in [0, 0.05) is 55.3 Å². The van der Waals surface area contributed by atoms with Crippen LogP contribution in [0.15, 0.2) is 59.6 Å². The lowest BCUT2D eigenvalue weighted by Crippen LogP contribution is -2.46. The summed E-state index contributed by atoms with van der Waals surface area (Å²) in [5, 5.41) is 12.7. The minimum atomic E-state index is -3.49. The van der Waals surface area contributed by atoms with E-state index in [1.54, 1.807) is 41.2 Å². The third-order valence-electron chi connectivity index (χ3n) is 5.45. The van der Waals surface area contributed by atoms with Crippen molar-refractivity contribution in [1.82, 2.24) is 14.6 Å². The van der Waals surface area contributed by atoms with Gasteiger partial charge in [-0.1, -0.05) is 6.07 Å². The average molecular weight is 437 g/mol. The van der Waals surface area contributed by atoms with Crippen LogP contribution in [0.5, 0.6) is 0 Å². The van der Waals surface area contributed by atoms with Crippen molar-refractivity contribution in [1.29, 1.82) is 5.26 Å². The van der Waals surface area contributed by atoms with E-state index in [1.165, 1.54) is 6.26 Å². The number of aromatic nitrogens is 1. The van der Waals surface area contributed by atoms with E-state index in [-0.39, 0.29) is 12.6 Å². The van der Waals surface area contributed by atoms with E-state index in [1.807, 2.05) is 18.2 Å². The molecule has 0 aliphatic carbocycles. The van der Waals surface area contributed by atoms with Crippen molar-refractivity contribution in [2.24, 2.45) is 4.99 Å². The van der Waals surface area contributed by atoms with Crippen molar-refractivity contribution in [2.75, 3.05) is 30.8 Å². The summed E-state index contributed by atoms with van der Waals surface area (Å²) >= 11 is 0. The molecule has 0 radical (unpaired) electrons. The van der Waals surface area contributed by atoms with Gasteiger partial charge in [-0.25, -0.2) is 8.42 Å². The molecule has 2 aliphatic heterocycles. The highest BCUT2D eigenvalue weighted by atomic mass is 32.2. The lowest BCUT2D eigenvalue weighted by atomic mass is 10.1. The summed E-state index contributed by atoms with van der Waals surface area (Å²) < 4.78 is 27.1. The first-order valence-electron chi connectivity index (χ1n) is 10.0. The zero-order valence-electron chi connectivity index (χ0n) is 17.3. The zero-order valence-corrected chi connectivity index (χ0v) is 18.1. The van der Waals surface area contributed by atoms with Crippen LogP contribution < -0.4 is 10.2 Å². The smallest absolute Gasteiger partial charge is 0.211 e.